The Kier molecular flexibility index (Phi) is 4.18. The average molecular weight is 282 g/mol. The van der Waals surface area contributed by atoms with Crippen molar-refractivity contribution in [1.82, 2.24) is 4.90 Å². The van der Waals surface area contributed by atoms with E-state index in [1.165, 1.54) is 6.07 Å². The van der Waals surface area contributed by atoms with Crippen molar-refractivity contribution in [2.24, 2.45) is 5.73 Å². The summed E-state index contributed by atoms with van der Waals surface area (Å²) in [6, 6.07) is 4.78. The van der Waals surface area contributed by atoms with Crippen LogP contribution in [-0.4, -0.2) is 35.2 Å². The van der Waals surface area contributed by atoms with Crippen LogP contribution in [0.1, 0.15) is 25.0 Å². The third-order valence-corrected chi connectivity index (χ3v) is 3.74. The molecule has 0 atom stereocenters. The Bertz CT molecular complexity index is 490. The maximum Gasteiger partial charge on any atom is 0.127 e. The second kappa shape index (κ2) is 5.53. The zero-order valence-corrected chi connectivity index (χ0v) is 12.1. The molecular formula is C14H19FN2OS. The minimum absolute atomic E-state index is 0.0933. The Labute approximate surface area is 118 Å². The van der Waals surface area contributed by atoms with Crippen molar-refractivity contribution in [1.29, 1.82) is 0 Å². The second-order valence-electron chi connectivity index (χ2n) is 5.46. The standard InChI is InChI=1S/C14H19FN2OS/c1-14(2)9-18-6-5-17(14)8-11-7-10(13(16)19)3-4-12(11)15/h3-4,7H,5-6,8-9H2,1-2H3,(H2,16,19). The monoisotopic (exact) mass is 282 g/mol. The van der Waals surface area contributed by atoms with E-state index in [2.05, 4.69) is 18.7 Å². The van der Waals surface area contributed by atoms with Crippen LogP contribution in [0.3, 0.4) is 0 Å². The van der Waals surface area contributed by atoms with Gasteiger partial charge in [0.15, 0.2) is 0 Å². The molecule has 3 nitrogen and oxygen atoms in total. The van der Waals surface area contributed by atoms with E-state index in [1.54, 1.807) is 12.1 Å². The summed E-state index contributed by atoms with van der Waals surface area (Å²) in [6.45, 7) is 6.87. The number of hydrogen-bond acceptors (Lipinski definition) is 3. The first-order valence-electron chi connectivity index (χ1n) is 6.31. The minimum Gasteiger partial charge on any atom is -0.389 e. The molecule has 19 heavy (non-hydrogen) atoms. The van der Waals surface area contributed by atoms with Crippen LogP contribution >= 0.6 is 12.2 Å². The lowest BCUT2D eigenvalue weighted by molar-refractivity contribution is -0.0556. The molecule has 1 aliphatic heterocycles. The van der Waals surface area contributed by atoms with Gasteiger partial charge in [0.2, 0.25) is 0 Å². The molecule has 2 N–H and O–H groups in total. The molecule has 1 aromatic rings. The summed E-state index contributed by atoms with van der Waals surface area (Å²) in [6.07, 6.45) is 0. The normalized spacial score (nSPS) is 19.3. The first-order valence-corrected chi connectivity index (χ1v) is 6.72. The number of benzene rings is 1. The van der Waals surface area contributed by atoms with E-state index < -0.39 is 0 Å². The highest BCUT2D eigenvalue weighted by Crippen LogP contribution is 2.23. The van der Waals surface area contributed by atoms with Crippen LogP contribution in [0, 0.1) is 5.82 Å². The van der Waals surface area contributed by atoms with Crippen LogP contribution in [0.15, 0.2) is 18.2 Å². The maximum absolute atomic E-state index is 13.9. The van der Waals surface area contributed by atoms with E-state index in [9.17, 15) is 4.39 Å². The number of hydrogen-bond donors (Lipinski definition) is 1. The van der Waals surface area contributed by atoms with Gasteiger partial charge >= 0.3 is 0 Å². The highest BCUT2D eigenvalue weighted by Gasteiger charge is 2.30. The lowest BCUT2D eigenvalue weighted by Gasteiger charge is -2.42. The van der Waals surface area contributed by atoms with Gasteiger partial charge in [-0.05, 0) is 32.0 Å². The third kappa shape index (κ3) is 3.29. The molecule has 1 heterocycles. The van der Waals surface area contributed by atoms with Gasteiger partial charge in [-0.2, -0.15) is 0 Å². The predicted molar refractivity (Wildman–Crippen MR) is 77.6 cm³/mol. The van der Waals surface area contributed by atoms with Crippen molar-refractivity contribution in [3.63, 3.8) is 0 Å². The van der Waals surface area contributed by atoms with Crippen LogP contribution in [0.4, 0.5) is 4.39 Å². The van der Waals surface area contributed by atoms with Crippen LogP contribution in [-0.2, 0) is 11.3 Å². The average Bonchev–Trinajstić information content (AvgIpc) is 2.34. The van der Waals surface area contributed by atoms with Crippen molar-refractivity contribution >= 4 is 17.2 Å². The molecule has 0 aliphatic carbocycles. The summed E-state index contributed by atoms with van der Waals surface area (Å²) in [5.74, 6) is -0.220. The Balaban J connectivity index is 2.22. The smallest absolute Gasteiger partial charge is 0.127 e. The molecule has 0 saturated carbocycles. The van der Waals surface area contributed by atoms with Crippen molar-refractivity contribution in [2.75, 3.05) is 19.8 Å². The van der Waals surface area contributed by atoms with E-state index >= 15 is 0 Å². The fourth-order valence-corrected chi connectivity index (χ4v) is 2.37. The van der Waals surface area contributed by atoms with Gasteiger partial charge in [0, 0.05) is 29.8 Å². The highest BCUT2D eigenvalue weighted by molar-refractivity contribution is 7.80. The molecule has 0 spiro atoms. The van der Waals surface area contributed by atoms with E-state index in [4.69, 9.17) is 22.7 Å². The molecule has 0 unspecified atom stereocenters. The zero-order valence-electron chi connectivity index (χ0n) is 11.3. The molecule has 0 bridgehead atoms. The van der Waals surface area contributed by atoms with Crippen LogP contribution in [0.5, 0.6) is 0 Å². The van der Waals surface area contributed by atoms with E-state index in [0.29, 0.717) is 35.9 Å². The molecule has 0 radical (unpaired) electrons. The highest BCUT2D eigenvalue weighted by atomic mass is 32.1. The molecular weight excluding hydrogens is 263 g/mol. The largest absolute Gasteiger partial charge is 0.389 e. The molecule has 1 aromatic carbocycles. The third-order valence-electron chi connectivity index (χ3n) is 3.51. The van der Waals surface area contributed by atoms with E-state index in [0.717, 1.165) is 6.54 Å². The SMILES string of the molecule is CC1(C)COCCN1Cc1cc(C(N)=S)ccc1F. The van der Waals surface area contributed by atoms with Gasteiger partial charge in [-0.3, -0.25) is 4.90 Å². The summed E-state index contributed by atoms with van der Waals surface area (Å²) < 4.78 is 19.4. The van der Waals surface area contributed by atoms with Crippen molar-refractivity contribution in [3.05, 3.63) is 35.1 Å². The number of rotatable bonds is 3. The molecule has 1 aliphatic rings. The lowest BCUT2D eigenvalue weighted by Crippen LogP contribution is -2.52. The number of halogens is 1. The number of nitrogens with zero attached hydrogens (tertiary/aromatic N) is 1. The van der Waals surface area contributed by atoms with Gasteiger partial charge in [-0.1, -0.05) is 12.2 Å². The number of thiocarbonyl (C=S) groups is 1. The van der Waals surface area contributed by atoms with Crippen molar-refractivity contribution in [2.45, 2.75) is 25.9 Å². The van der Waals surface area contributed by atoms with Crippen molar-refractivity contribution in [3.8, 4) is 0 Å². The molecule has 1 saturated heterocycles. The Hall–Kier alpha value is -1.04. The second-order valence-corrected chi connectivity index (χ2v) is 5.90. The minimum atomic E-state index is -0.220. The van der Waals surface area contributed by atoms with Gasteiger partial charge in [0.05, 0.1) is 13.2 Å². The van der Waals surface area contributed by atoms with Crippen molar-refractivity contribution < 1.29 is 9.13 Å². The van der Waals surface area contributed by atoms with Gasteiger partial charge in [-0.25, -0.2) is 4.39 Å². The van der Waals surface area contributed by atoms with E-state index in [1.807, 2.05) is 0 Å². The van der Waals surface area contributed by atoms with E-state index in [-0.39, 0.29) is 11.4 Å². The molecule has 0 amide bonds. The zero-order chi connectivity index (χ0) is 14.0. The quantitative estimate of drug-likeness (QED) is 0.861. The topological polar surface area (TPSA) is 38.5 Å². The Morgan fingerprint density at radius 2 is 2.26 bits per heavy atom. The predicted octanol–water partition coefficient (Wildman–Crippen LogP) is 2.07. The summed E-state index contributed by atoms with van der Waals surface area (Å²) >= 11 is 4.94. The molecule has 5 heteroatoms. The summed E-state index contributed by atoms with van der Waals surface area (Å²) in [4.78, 5) is 2.51. The number of ether oxygens (including phenoxy) is 1. The molecule has 1 fully saturated rings. The maximum atomic E-state index is 13.9. The number of morpholine rings is 1. The van der Waals surface area contributed by atoms with Crippen LogP contribution < -0.4 is 5.73 Å². The van der Waals surface area contributed by atoms with Gasteiger partial charge in [0.25, 0.3) is 0 Å². The summed E-state index contributed by atoms with van der Waals surface area (Å²) in [5.41, 5.74) is 6.83. The molecule has 104 valence electrons. The molecule has 0 aromatic heterocycles. The van der Waals surface area contributed by atoms with Crippen LogP contribution in [0.25, 0.3) is 0 Å². The van der Waals surface area contributed by atoms with Gasteiger partial charge in [-0.15, -0.1) is 0 Å². The van der Waals surface area contributed by atoms with Gasteiger partial charge < -0.3 is 10.5 Å². The first-order chi connectivity index (χ1) is 8.90. The lowest BCUT2D eigenvalue weighted by atomic mass is 10.0. The first kappa shape index (κ1) is 14.4. The fourth-order valence-electron chi connectivity index (χ4n) is 2.24. The summed E-state index contributed by atoms with van der Waals surface area (Å²) in [7, 11) is 0. The Morgan fingerprint density at radius 3 is 2.89 bits per heavy atom. The van der Waals surface area contributed by atoms with Gasteiger partial charge in [0.1, 0.15) is 10.8 Å². The fraction of sp³-hybridized carbons (Fsp3) is 0.500. The summed E-state index contributed by atoms with van der Waals surface area (Å²) in [5, 5.41) is 0. The molecule has 2 rings (SSSR count). The van der Waals surface area contributed by atoms with Crippen LogP contribution in [0.2, 0.25) is 0 Å². The Morgan fingerprint density at radius 1 is 1.53 bits per heavy atom. The number of nitrogens with two attached hydrogens (primary N) is 1.